The molecule has 0 heterocycles. The molecule has 0 unspecified atom stereocenters. The molecule has 11 heteroatoms. The van der Waals surface area contributed by atoms with E-state index in [0.29, 0.717) is 0 Å². The van der Waals surface area contributed by atoms with Crippen LogP contribution in [0.15, 0.2) is 0 Å². The first-order valence-electron chi connectivity index (χ1n) is 0. The van der Waals surface area contributed by atoms with Gasteiger partial charge in [0, 0.05) is 51.2 Å². The fourth-order valence-corrected chi connectivity index (χ4v) is 0. The topological polar surface area (TPSA) is 0 Å². The Kier molecular flexibility index (Phi) is 2650. The van der Waals surface area contributed by atoms with Crippen molar-refractivity contribution in [3.8, 4) is 0 Å². The monoisotopic (exact) mass is 346 g/mol. The molecular formula is H6Al2Cr2F4Mg2Ni. The van der Waals surface area contributed by atoms with E-state index in [2.05, 4.69) is 0 Å². The van der Waals surface area contributed by atoms with E-state index in [9.17, 15) is 0 Å². The molecule has 0 atom stereocenters. The van der Waals surface area contributed by atoms with Crippen LogP contribution in [-0.2, 0) is 51.2 Å². The summed E-state index contributed by atoms with van der Waals surface area (Å²) in [5, 5.41) is 0. The van der Waals surface area contributed by atoms with Crippen molar-refractivity contribution in [2.24, 2.45) is 0 Å². The van der Waals surface area contributed by atoms with Crippen LogP contribution in [0.5, 0.6) is 0 Å². The van der Waals surface area contributed by atoms with Crippen LogP contribution in [0.2, 0.25) is 0 Å². The Balaban J connectivity index is 0. The third-order valence-electron chi connectivity index (χ3n) is 0. The van der Waals surface area contributed by atoms with Gasteiger partial charge in [-0.3, -0.25) is 0 Å². The molecule has 0 aromatic carbocycles. The van der Waals surface area contributed by atoms with E-state index >= 15 is 0 Å². The van der Waals surface area contributed by atoms with Gasteiger partial charge in [0.2, 0.25) is 0 Å². The summed E-state index contributed by atoms with van der Waals surface area (Å²) in [6, 6.07) is 0. The molecule has 0 amide bonds. The molecule has 0 saturated carbocycles. The van der Waals surface area contributed by atoms with Crippen LogP contribution in [0.3, 0.4) is 0 Å². The van der Waals surface area contributed by atoms with E-state index in [4.69, 9.17) is 0 Å². The van der Waals surface area contributed by atoms with Crippen LogP contribution in [0.4, 0.5) is 0 Å². The van der Waals surface area contributed by atoms with Crippen LogP contribution in [0, 0.1) is 0 Å². The normalized spacial score (nSPS) is 0. The minimum Gasteiger partial charge on any atom is -1.00 e. The molecule has 0 aromatic rings. The molecule has 0 aliphatic heterocycles. The summed E-state index contributed by atoms with van der Waals surface area (Å²) in [6.07, 6.45) is 0. The maximum atomic E-state index is 0. The van der Waals surface area contributed by atoms with Gasteiger partial charge in [-0.15, -0.1) is 0 Å². The van der Waals surface area contributed by atoms with Gasteiger partial charge in [0.25, 0.3) is 0 Å². The van der Waals surface area contributed by atoms with Gasteiger partial charge in [-0.1, -0.05) is 0 Å². The molecule has 0 nitrogen and oxygen atoms in total. The van der Waals surface area contributed by atoms with Crippen molar-refractivity contribution in [1.29, 1.82) is 0 Å². The molecule has 0 rings (SSSR count). The fraction of sp³-hybridized carbons (Fsp3) is 0. The van der Waals surface area contributed by atoms with Gasteiger partial charge in [-0.25, -0.2) is 0 Å². The second-order valence-electron chi connectivity index (χ2n) is 0. The molecule has 0 aliphatic rings. The molecule has 0 bridgehead atoms. The van der Waals surface area contributed by atoms with Crippen LogP contribution in [-0.4, -0.2) is 80.8 Å². The van der Waals surface area contributed by atoms with Gasteiger partial charge in [-0.2, -0.15) is 0 Å². The van der Waals surface area contributed by atoms with Crippen molar-refractivity contribution >= 4 is 80.8 Å². The van der Waals surface area contributed by atoms with Gasteiger partial charge in [0.15, 0.2) is 34.7 Å². The first-order chi connectivity index (χ1) is 0. The predicted octanol–water partition coefficient (Wildman–Crippen LogP) is -15.1. The van der Waals surface area contributed by atoms with Gasteiger partial charge in [0.1, 0.15) is 0 Å². The number of rotatable bonds is 0. The smallest absolute Gasteiger partial charge is 1.00 e. The fourth-order valence-electron chi connectivity index (χ4n) is 0. The molecule has 0 radical (unpaired) electrons. The Bertz CT molecular complexity index is 24.1. The van der Waals surface area contributed by atoms with Crippen molar-refractivity contribution < 1.29 is 70.0 Å². The van der Waals surface area contributed by atoms with Gasteiger partial charge >= 0.3 is 46.1 Å². The molecule has 0 aromatic heterocycles. The SMILES string of the molecule is [AlH3].[AlH3].[Cr].[Cr].[F-].[F-].[F-].[F-].[Mg+2].[Mg+2].[Ni]. The molecule has 0 saturated heterocycles. The molecule has 0 fully saturated rings. The van der Waals surface area contributed by atoms with Crippen LogP contribution in [0.1, 0.15) is 0 Å². The molecule has 0 aliphatic carbocycles. The number of halogens is 4. The minimum absolute atomic E-state index is 0. The predicted molar refractivity (Wildman–Crippen MR) is 31.4 cm³/mol. The maximum Gasteiger partial charge on any atom is 2.00 e. The second-order valence-corrected chi connectivity index (χ2v) is 0. The first kappa shape index (κ1) is 191. The third kappa shape index (κ3) is 130. The largest absolute Gasteiger partial charge is 2.00 e. The quantitative estimate of drug-likeness (QED) is 0.302. The molecule has 66 valence electrons. The summed E-state index contributed by atoms with van der Waals surface area (Å²) >= 11 is 0. The zero-order valence-electron chi connectivity index (χ0n) is 4.06. The molecule has 0 N–H and O–H groups in total. The van der Waals surface area contributed by atoms with Crippen molar-refractivity contribution in [2.75, 3.05) is 0 Å². The molecule has 0 spiro atoms. The average Bonchev–Trinajstić information content (AvgIpc) is 0. The van der Waals surface area contributed by atoms with Crippen molar-refractivity contribution in [3.05, 3.63) is 0 Å². The number of hydrogen-bond donors (Lipinski definition) is 0. The summed E-state index contributed by atoms with van der Waals surface area (Å²) in [5.74, 6) is 0. The number of hydrogen-bond acceptors (Lipinski definition) is 0. The summed E-state index contributed by atoms with van der Waals surface area (Å²) in [7, 11) is 0. The third-order valence-corrected chi connectivity index (χ3v) is 0. The average molecular weight is 347 g/mol. The van der Waals surface area contributed by atoms with Gasteiger partial charge < -0.3 is 18.8 Å². The molecular weight excluding hydrogens is 341 g/mol. The Morgan fingerprint density at radius 1 is 0.455 bits per heavy atom. The van der Waals surface area contributed by atoms with Crippen molar-refractivity contribution in [3.63, 3.8) is 0 Å². The summed E-state index contributed by atoms with van der Waals surface area (Å²) in [6.45, 7) is 0. The zero-order chi connectivity index (χ0) is 0. The van der Waals surface area contributed by atoms with E-state index in [1.807, 2.05) is 0 Å². The zero-order valence-corrected chi connectivity index (χ0v) is 10.4. The summed E-state index contributed by atoms with van der Waals surface area (Å²) in [5.41, 5.74) is 0. The Morgan fingerprint density at radius 3 is 0.455 bits per heavy atom. The van der Waals surface area contributed by atoms with E-state index in [0.717, 1.165) is 0 Å². The van der Waals surface area contributed by atoms with E-state index in [1.165, 1.54) is 0 Å². The Labute approximate surface area is 148 Å². The van der Waals surface area contributed by atoms with Gasteiger partial charge in [0.05, 0.1) is 0 Å². The standard InChI is InChI=1S/2Al.2Cr.4FH.2Mg.Ni.6H/h;;;;4*1H;;;;;;;;;/q;;;;;;;;2*+2;;;;;;;/p-4. The summed E-state index contributed by atoms with van der Waals surface area (Å²) < 4.78 is 0. The minimum atomic E-state index is 0. The second kappa shape index (κ2) is 153. The van der Waals surface area contributed by atoms with E-state index in [1.54, 1.807) is 0 Å². The Morgan fingerprint density at radius 2 is 0.455 bits per heavy atom. The van der Waals surface area contributed by atoms with Crippen molar-refractivity contribution in [2.45, 2.75) is 0 Å². The van der Waals surface area contributed by atoms with Crippen LogP contribution >= 0.6 is 0 Å². The summed E-state index contributed by atoms with van der Waals surface area (Å²) in [4.78, 5) is 0. The van der Waals surface area contributed by atoms with Gasteiger partial charge in [-0.05, 0) is 0 Å². The van der Waals surface area contributed by atoms with Crippen LogP contribution in [0.25, 0.3) is 0 Å². The van der Waals surface area contributed by atoms with E-state index < -0.39 is 0 Å². The molecule has 11 heavy (non-hydrogen) atoms. The van der Waals surface area contributed by atoms with Crippen LogP contribution < -0.4 is 18.8 Å². The van der Waals surface area contributed by atoms with E-state index in [-0.39, 0.29) is 151 Å². The first-order valence-corrected chi connectivity index (χ1v) is 0. The maximum absolute atomic E-state index is 0. The Hall–Kier alpha value is 3.88. The van der Waals surface area contributed by atoms with Crippen molar-refractivity contribution in [1.82, 2.24) is 0 Å².